The molecule has 2 fully saturated rings. The van der Waals surface area contributed by atoms with Gasteiger partial charge in [-0.1, -0.05) is 6.07 Å². The van der Waals surface area contributed by atoms with Gasteiger partial charge in [0.1, 0.15) is 6.61 Å². The standard InChI is InChI=1S/C29H39F3N6O5S/c1-44(42,43)36-15-9-25-23(18-36)28(20-5-6-24(29(30,31)32)21(16-20)17-33-26(40)19-39)34-38(25)12-3-10-35-13-7-22(8-14-35)37-11-2-4-27(37)41/h5-6,16,22,39H,2-4,7-15,17-19H2,1H3,(H,33,40). The van der Waals surface area contributed by atoms with Crippen LogP contribution < -0.4 is 5.32 Å². The molecule has 5 rings (SSSR count). The Hall–Kier alpha value is -3.01. The number of piperidine rings is 1. The van der Waals surface area contributed by atoms with Crippen LogP contribution in [0.15, 0.2) is 18.2 Å². The summed E-state index contributed by atoms with van der Waals surface area (Å²) in [6, 6.07) is 3.90. The molecule has 2 aromatic rings. The minimum absolute atomic E-state index is 0.0594. The summed E-state index contributed by atoms with van der Waals surface area (Å²) < 4.78 is 69.3. The lowest BCUT2D eigenvalue weighted by Gasteiger charge is -2.36. The molecule has 0 saturated carbocycles. The number of halogens is 3. The van der Waals surface area contributed by atoms with Gasteiger partial charge in [0.2, 0.25) is 21.8 Å². The van der Waals surface area contributed by atoms with Crippen LogP contribution in [0.1, 0.15) is 54.5 Å². The van der Waals surface area contributed by atoms with Crippen molar-refractivity contribution in [3.63, 3.8) is 0 Å². The average molecular weight is 641 g/mol. The second-order valence-corrected chi connectivity index (χ2v) is 13.7. The third-order valence-electron chi connectivity index (χ3n) is 8.82. The fourth-order valence-corrected chi connectivity index (χ4v) is 7.32. The van der Waals surface area contributed by atoms with Crippen LogP contribution in [0.3, 0.4) is 0 Å². The number of amides is 2. The van der Waals surface area contributed by atoms with E-state index in [2.05, 4.69) is 10.2 Å². The van der Waals surface area contributed by atoms with Gasteiger partial charge in [-0.3, -0.25) is 14.3 Å². The Kier molecular flexibility index (Phi) is 9.68. The number of carbonyl (C=O) groups excluding carboxylic acids is 2. The number of nitrogens with one attached hydrogen (secondary N) is 1. The molecular weight excluding hydrogens is 601 g/mol. The predicted octanol–water partition coefficient (Wildman–Crippen LogP) is 1.97. The van der Waals surface area contributed by atoms with Crippen LogP contribution in [-0.2, 0) is 51.8 Å². The number of likely N-dealkylation sites (tertiary alicyclic amines) is 2. The molecular formula is C29H39F3N6O5S. The van der Waals surface area contributed by atoms with E-state index in [1.54, 1.807) is 0 Å². The highest BCUT2D eigenvalue weighted by atomic mass is 32.2. The van der Waals surface area contributed by atoms with Crippen molar-refractivity contribution >= 4 is 21.8 Å². The van der Waals surface area contributed by atoms with Crippen LogP contribution in [0, 0.1) is 0 Å². The maximum Gasteiger partial charge on any atom is 0.416 e. The molecule has 0 aliphatic carbocycles. The largest absolute Gasteiger partial charge is 0.416 e. The van der Waals surface area contributed by atoms with Crippen LogP contribution in [0.2, 0.25) is 0 Å². The molecule has 0 spiro atoms. The fraction of sp³-hybridized carbons (Fsp3) is 0.621. The molecule has 11 nitrogen and oxygen atoms in total. The summed E-state index contributed by atoms with van der Waals surface area (Å²) in [5, 5.41) is 16.1. The second kappa shape index (κ2) is 13.2. The van der Waals surface area contributed by atoms with Crippen molar-refractivity contribution < 1.29 is 36.3 Å². The Balaban J connectivity index is 1.35. The normalized spacial score (nSPS) is 19.0. The number of aromatic nitrogens is 2. The molecule has 2 amide bonds. The lowest BCUT2D eigenvalue weighted by atomic mass is 9.97. The second-order valence-electron chi connectivity index (χ2n) is 11.8. The first-order valence-corrected chi connectivity index (χ1v) is 16.8. The summed E-state index contributed by atoms with van der Waals surface area (Å²) in [5.74, 6) is -0.546. The Bertz CT molecular complexity index is 1490. The van der Waals surface area contributed by atoms with E-state index >= 15 is 0 Å². The van der Waals surface area contributed by atoms with Crippen LogP contribution in [-0.4, -0.2) is 101 Å². The van der Waals surface area contributed by atoms with Crippen molar-refractivity contribution in [1.82, 2.24) is 29.2 Å². The van der Waals surface area contributed by atoms with E-state index in [1.807, 2.05) is 9.58 Å². The number of aliphatic hydroxyl groups excluding tert-OH is 1. The molecule has 1 aromatic carbocycles. The highest BCUT2D eigenvalue weighted by Crippen LogP contribution is 2.37. The minimum Gasteiger partial charge on any atom is -0.387 e. The molecule has 0 radical (unpaired) electrons. The summed E-state index contributed by atoms with van der Waals surface area (Å²) in [6.07, 6.45) is 1.14. The van der Waals surface area contributed by atoms with Gasteiger partial charge in [0.25, 0.3) is 0 Å². The Labute approximate surface area is 255 Å². The van der Waals surface area contributed by atoms with E-state index in [1.165, 1.54) is 16.4 Å². The number of fused-ring (bicyclic) bond motifs is 1. The Morgan fingerprint density at radius 1 is 1.11 bits per heavy atom. The first kappa shape index (κ1) is 32.4. The van der Waals surface area contributed by atoms with Gasteiger partial charge in [-0.2, -0.15) is 22.6 Å². The van der Waals surface area contributed by atoms with Crippen molar-refractivity contribution in [2.45, 2.75) is 70.4 Å². The van der Waals surface area contributed by atoms with Gasteiger partial charge in [0.05, 0.1) is 17.5 Å². The molecule has 4 heterocycles. The van der Waals surface area contributed by atoms with Gasteiger partial charge >= 0.3 is 6.18 Å². The number of sulfonamides is 1. The summed E-state index contributed by atoms with van der Waals surface area (Å²) >= 11 is 0. The minimum atomic E-state index is -4.66. The maximum atomic E-state index is 13.8. The van der Waals surface area contributed by atoms with Gasteiger partial charge in [-0.25, -0.2) is 8.42 Å². The van der Waals surface area contributed by atoms with Crippen molar-refractivity contribution in [2.24, 2.45) is 0 Å². The summed E-state index contributed by atoms with van der Waals surface area (Å²) in [7, 11) is -3.51. The number of benzene rings is 1. The molecule has 0 unspecified atom stereocenters. The number of hydrogen-bond acceptors (Lipinski definition) is 7. The third kappa shape index (κ3) is 7.27. The van der Waals surface area contributed by atoms with Crippen LogP contribution in [0.5, 0.6) is 0 Å². The van der Waals surface area contributed by atoms with E-state index in [4.69, 9.17) is 10.2 Å². The van der Waals surface area contributed by atoms with Crippen molar-refractivity contribution in [1.29, 1.82) is 0 Å². The average Bonchev–Trinajstić information content (AvgIpc) is 3.58. The smallest absolute Gasteiger partial charge is 0.387 e. The van der Waals surface area contributed by atoms with Gasteiger partial charge in [-0.05, 0) is 49.9 Å². The van der Waals surface area contributed by atoms with Gasteiger partial charge in [0.15, 0.2) is 0 Å². The lowest BCUT2D eigenvalue weighted by Crippen LogP contribution is -2.45. The van der Waals surface area contributed by atoms with Crippen molar-refractivity contribution in [3.8, 4) is 11.3 Å². The first-order valence-electron chi connectivity index (χ1n) is 15.0. The number of hydrogen-bond donors (Lipinski definition) is 2. The molecule has 15 heteroatoms. The maximum absolute atomic E-state index is 13.8. The first-order chi connectivity index (χ1) is 20.8. The monoisotopic (exact) mass is 640 g/mol. The number of alkyl halides is 3. The van der Waals surface area contributed by atoms with Gasteiger partial charge in [-0.15, -0.1) is 0 Å². The van der Waals surface area contributed by atoms with E-state index in [0.29, 0.717) is 42.2 Å². The molecule has 3 aliphatic heterocycles. The Morgan fingerprint density at radius 3 is 2.50 bits per heavy atom. The van der Waals surface area contributed by atoms with Crippen molar-refractivity contribution in [2.75, 3.05) is 45.6 Å². The van der Waals surface area contributed by atoms with E-state index in [9.17, 15) is 31.2 Å². The molecule has 2 N–H and O–H groups in total. The number of nitrogens with zero attached hydrogens (tertiary/aromatic N) is 5. The van der Waals surface area contributed by atoms with E-state index < -0.39 is 40.8 Å². The number of aliphatic hydroxyl groups is 1. The molecule has 0 atom stereocenters. The van der Waals surface area contributed by atoms with Crippen LogP contribution in [0.25, 0.3) is 11.3 Å². The zero-order valence-corrected chi connectivity index (χ0v) is 25.6. The molecule has 0 bridgehead atoms. The zero-order valence-electron chi connectivity index (χ0n) is 24.8. The van der Waals surface area contributed by atoms with Crippen LogP contribution in [0.4, 0.5) is 13.2 Å². The fourth-order valence-electron chi connectivity index (χ4n) is 6.53. The van der Waals surface area contributed by atoms with Gasteiger partial charge < -0.3 is 20.2 Å². The highest BCUT2D eigenvalue weighted by molar-refractivity contribution is 7.88. The molecule has 2 saturated heterocycles. The number of rotatable bonds is 10. The van der Waals surface area contributed by atoms with E-state index in [0.717, 1.165) is 69.9 Å². The lowest BCUT2D eigenvalue weighted by molar-refractivity contribution is -0.138. The van der Waals surface area contributed by atoms with E-state index in [-0.39, 0.29) is 24.6 Å². The molecule has 3 aliphatic rings. The molecule has 242 valence electrons. The molecule has 1 aromatic heterocycles. The highest BCUT2D eigenvalue weighted by Gasteiger charge is 2.35. The zero-order chi connectivity index (χ0) is 31.6. The quantitative estimate of drug-likeness (QED) is 0.407. The van der Waals surface area contributed by atoms with Crippen LogP contribution >= 0.6 is 0 Å². The summed E-state index contributed by atoms with van der Waals surface area (Å²) in [6.45, 7) is 3.10. The van der Waals surface area contributed by atoms with Crippen molar-refractivity contribution in [3.05, 3.63) is 40.6 Å². The predicted molar refractivity (Wildman–Crippen MR) is 156 cm³/mol. The number of aryl methyl sites for hydroxylation is 1. The topological polar surface area (TPSA) is 128 Å². The number of carbonyl (C=O) groups is 2. The summed E-state index contributed by atoms with van der Waals surface area (Å²) in [4.78, 5) is 28.1. The Morgan fingerprint density at radius 2 is 1.86 bits per heavy atom. The summed E-state index contributed by atoms with van der Waals surface area (Å²) in [5.41, 5.74) is 1.21. The molecule has 44 heavy (non-hydrogen) atoms. The van der Waals surface area contributed by atoms with Gasteiger partial charge in [0, 0.05) is 81.5 Å². The third-order valence-corrected chi connectivity index (χ3v) is 10.1. The SMILES string of the molecule is CS(=O)(=O)N1CCc2c(c(-c3ccc(C(F)(F)F)c(CNC(=O)CO)c3)nn2CCCN2CCC(N3CCCC3=O)CC2)C1.